The Bertz CT molecular complexity index is 2900. The molecule has 3 aliphatic carbocycles. The normalized spacial score (nSPS) is 32.7. The van der Waals surface area contributed by atoms with E-state index in [1.54, 1.807) is 54.6 Å². The van der Waals surface area contributed by atoms with Crippen molar-refractivity contribution in [2.45, 2.75) is 152 Å². The van der Waals surface area contributed by atoms with E-state index in [2.05, 4.69) is 5.32 Å². The van der Waals surface area contributed by atoms with Gasteiger partial charge >= 0.3 is 35.8 Å². The Morgan fingerprint density at radius 3 is 1.95 bits per heavy atom. The van der Waals surface area contributed by atoms with Crippen molar-refractivity contribution < 1.29 is 107 Å². The topological polar surface area (TPSA) is 333 Å². The molecule has 23 heteroatoms. The highest BCUT2D eigenvalue weighted by molar-refractivity contribution is 5.96. The van der Waals surface area contributed by atoms with Crippen LogP contribution in [0.3, 0.4) is 0 Å². The lowest BCUT2D eigenvalue weighted by Crippen LogP contribution is -2.82. The molecule has 6 N–H and O–H groups in total. The molecule has 0 aromatic heterocycles. The van der Waals surface area contributed by atoms with Crippen molar-refractivity contribution in [2.75, 3.05) is 20.3 Å². The van der Waals surface area contributed by atoms with Crippen LogP contribution in [0.25, 0.3) is 0 Å². The summed E-state index contributed by atoms with van der Waals surface area (Å²) in [5.74, 6) is -9.93. The Balaban J connectivity index is 1.23. The van der Waals surface area contributed by atoms with Crippen LogP contribution in [-0.4, -0.2) is 172 Å². The lowest BCUT2D eigenvalue weighted by Gasteiger charge is -2.67. The number of carbonyl (C=O) groups excluding carboxylic acids is 8. The van der Waals surface area contributed by atoms with E-state index in [1.807, 2.05) is 0 Å². The maximum atomic E-state index is 15.8. The van der Waals surface area contributed by atoms with Gasteiger partial charge in [0.1, 0.15) is 48.3 Å². The van der Waals surface area contributed by atoms with Crippen LogP contribution in [0.5, 0.6) is 0 Å². The van der Waals surface area contributed by atoms with Gasteiger partial charge in [0.15, 0.2) is 29.9 Å². The van der Waals surface area contributed by atoms with Crippen molar-refractivity contribution >= 4 is 47.5 Å². The van der Waals surface area contributed by atoms with E-state index in [4.69, 9.17) is 42.6 Å². The first kappa shape index (κ1) is 60.1. The molecule has 3 aromatic rings. The summed E-state index contributed by atoms with van der Waals surface area (Å²) in [5.41, 5.74) is -8.20. The number of amides is 1. The zero-order chi connectivity index (χ0) is 58.9. The number of methoxy groups -OCH3 is 1. The molecule has 5 aliphatic rings. The lowest BCUT2D eigenvalue weighted by atomic mass is 9.44. The summed E-state index contributed by atoms with van der Waals surface area (Å²) in [6.45, 7) is 6.83. The monoisotopic (exact) mass is 1130 g/mol. The van der Waals surface area contributed by atoms with Crippen LogP contribution in [0.2, 0.25) is 0 Å². The third kappa shape index (κ3) is 11.2. The second-order valence-electron chi connectivity index (χ2n) is 21.7. The molecule has 0 spiro atoms. The molecule has 2 heterocycles. The first-order valence-corrected chi connectivity index (χ1v) is 26.4. The van der Waals surface area contributed by atoms with Gasteiger partial charge in [0.25, 0.3) is 5.91 Å². The van der Waals surface area contributed by atoms with E-state index < -0.39 is 181 Å². The van der Waals surface area contributed by atoms with E-state index in [0.29, 0.717) is 0 Å². The zero-order valence-electron chi connectivity index (χ0n) is 45.6. The van der Waals surface area contributed by atoms with Crippen molar-refractivity contribution in [3.05, 3.63) is 119 Å². The summed E-state index contributed by atoms with van der Waals surface area (Å²) in [4.78, 5) is 114. The number of fused-ring (bicyclic) bond motifs is 5. The highest BCUT2D eigenvalue weighted by atomic mass is 16.7. The highest BCUT2D eigenvalue weighted by Crippen LogP contribution is 2.64. The van der Waals surface area contributed by atoms with E-state index >= 15 is 9.59 Å². The third-order valence-corrected chi connectivity index (χ3v) is 16.6. The number of nitrogens with one attached hydrogen (secondary N) is 1. The quantitative estimate of drug-likeness (QED) is 0.0640. The van der Waals surface area contributed by atoms with Gasteiger partial charge in [-0.25, -0.2) is 9.59 Å². The van der Waals surface area contributed by atoms with Crippen LogP contribution < -0.4 is 5.32 Å². The third-order valence-electron chi connectivity index (χ3n) is 16.6. The van der Waals surface area contributed by atoms with E-state index in [9.17, 15) is 54.3 Å². The number of aliphatic hydroxyl groups is 5. The molecule has 81 heavy (non-hydrogen) atoms. The molecule has 2 saturated carbocycles. The second-order valence-corrected chi connectivity index (χ2v) is 21.7. The summed E-state index contributed by atoms with van der Waals surface area (Å²) in [6.07, 6.45) is -21.0. The Labute approximate surface area is 465 Å². The second kappa shape index (κ2) is 23.9. The Morgan fingerprint density at radius 1 is 0.778 bits per heavy atom. The SMILES string of the molecule is CO[C@@H]1O[C@H](CO)[C@@H](O)[C@@H](O)[C@@H]1OC(=O)CCC(=O)O[C@@H](C(=O)O[C@H]1C[C@@]2(O)C(OC(=O)c3ccccc3)C3[C@](C)(C(=O)[C@H](OC(C)=O)C(=C1C)C2(C)C)[C@@H](O)C[C@H]1OC[C@@]31OC(C)=O)[C@@H](NC(=O)c1ccccc1)c1ccccc1. The van der Waals surface area contributed by atoms with E-state index in [0.717, 1.165) is 21.0 Å². The summed E-state index contributed by atoms with van der Waals surface area (Å²) in [5, 5.41) is 59.9. The molecule has 2 saturated heterocycles. The van der Waals surface area contributed by atoms with E-state index in [-0.39, 0.29) is 34.3 Å². The molecule has 2 unspecified atom stereocenters. The molecule has 2 bridgehead atoms. The number of ether oxygens (including phenoxy) is 9. The molecule has 3 aromatic carbocycles. The van der Waals surface area contributed by atoms with Crippen LogP contribution in [-0.2, 0) is 71.4 Å². The molecule has 4 fully saturated rings. The van der Waals surface area contributed by atoms with Crippen molar-refractivity contribution in [3.63, 3.8) is 0 Å². The minimum Gasteiger partial charge on any atom is -0.455 e. The number of aliphatic hydroxyl groups excluding tert-OH is 4. The van der Waals surface area contributed by atoms with Gasteiger partial charge in [-0.2, -0.15) is 0 Å². The molecule has 0 radical (unpaired) electrons. The fraction of sp³-hybridized carbons (Fsp3) is 0.517. The molecule has 23 nitrogen and oxygen atoms in total. The lowest BCUT2D eigenvalue weighted by molar-refractivity contribution is -0.346. The fourth-order valence-corrected chi connectivity index (χ4v) is 12.3. The van der Waals surface area contributed by atoms with Crippen LogP contribution in [0.1, 0.15) is 99.5 Å². The smallest absolute Gasteiger partial charge is 0.350 e. The summed E-state index contributed by atoms with van der Waals surface area (Å²) in [6, 6.07) is 21.7. The van der Waals surface area contributed by atoms with Gasteiger partial charge in [-0.15, -0.1) is 0 Å². The van der Waals surface area contributed by atoms with Crippen LogP contribution in [0, 0.1) is 16.7 Å². The molecule has 16 atom stereocenters. The van der Waals surface area contributed by atoms with Gasteiger partial charge in [0, 0.05) is 44.8 Å². The van der Waals surface area contributed by atoms with Gasteiger partial charge in [0.2, 0.25) is 6.10 Å². The Kier molecular flexibility index (Phi) is 17.7. The number of Topliss-reactive ketones (excluding diaryl/α,β-unsaturated/α-hetero) is 1. The van der Waals surface area contributed by atoms with Crippen LogP contribution in [0.4, 0.5) is 0 Å². The van der Waals surface area contributed by atoms with Gasteiger partial charge in [-0.05, 0) is 54.8 Å². The molecule has 2 aliphatic heterocycles. The number of hydrogen-bond donors (Lipinski definition) is 6. The predicted octanol–water partition coefficient (Wildman–Crippen LogP) is 2.06. The number of ketones is 1. The molecular formula is C58H67NO22. The zero-order valence-corrected chi connectivity index (χ0v) is 45.6. The van der Waals surface area contributed by atoms with Crippen molar-refractivity contribution in [3.8, 4) is 0 Å². The fourth-order valence-electron chi connectivity index (χ4n) is 12.3. The molecular weight excluding hydrogens is 1060 g/mol. The maximum Gasteiger partial charge on any atom is 0.350 e. The average molecular weight is 1130 g/mol. The number of benzene rings is 3. The minimum atomic E-state index is -2.56. The standard InChI is InChI=1S/C58H67NO22/c1-29-35(26-58(72)50(80-52(70)34-21-15-10-16-22-34)48-56(6,37(63)25-38-57(48,28-74-38)81-31(3)62)49(68)45(75-30(2)61)41(29)55(58,4)5)76-53(71)46(42(32-17-11-8-12-18-32)59-51(69)33-19-13-9-14-20-33)78-39(64)23-24-40(65)79-47-44(67)43(66)36(27-60)77-54(47)73-7/h8-22,35-38,42-48,50,54,60,63,66-67,72H,23-28H2,1-7H3,(H,59,69)/t35-,36+,37-,38+,42-,43+,44+,45+,46+,47-,48?,50?,54+,56+,57-,58+/m0/s1. The van der Waals surface area contributed by atoms with Crippen molar-refractivity contribution in [1.29, 1.82) is 0 Å². The van der Waals surface area contributed by atoms with Gasteiger partial charge in [0.05, 0.1) is 49.1 Å². The van der Waals surface area contributed by atoms with Crippen molar-refractivity contribution in [1.82, 2.24) is 5.32 Å². The van der Waals surface area contributed by atoms with Gasteiger partial charge in [-0.3, -0.25) is 28.8 Å². The van der Waals surface area contributed by atoms with Crippen LogP contribution in [0.15, 0.2) is 102 Å². The largest absolute Gasteiger partial charge is 0.455 e. The first-order chi connectivity index (χ1) is 38.3. The summed E-state index contributed by atoms with van der Waals surface area (Å²) >= 11 is 0. The summed E-state index contributed by atoms with van der Waals surface area (Å²) in [7, 11) is 1.16. The number of rotatable bonds is 17. The Hall–Kier alpha value is -6.96. The molecule has 1 amide bonds. The first-order valence-electron chi connectivity index (χ1n) is 26.4. The van der Waals surface area contributed by atoms with Gasteiger partial charge in [-0.1, -0.05) is 80.6 Å². The van der Waals surface area contributed by atoms with E-state index in [1.165, 1.54) is 64.1 Å². The van der Waals surface area contributed by atoms with Crippen LogP contribution >= 0.6 is 0 Å². The maximum absolute atomic E-state index is 15.8. The predicted molar refractivity (Wildman–Crippen MR) is 275 cm³/mol. The average Bonchev–Trinajstić information content (AvgIpc) is 3.63. The number of esters is 6. The minimum absolute atomic E-state index is 0.00556. The van der Waals surface area contributed by atoms with Crippen molar-refractivity contribution in [2.24, 2.45) is 16.7 Å². The molecule has 436 valence electrons. The number of carbonyl (C=O) groups is 8. The molecule has 8 rings (SSSR count). The summed E-state index contributed by atoms with van der Waals surface area (Å²) < 4.78 is 52.7. The van der Waals surface area contributed by atoms with Gasteiger partial charge < -0.3 is 73.5 Å². The number of hydrogen-bond acceptors (Lipinski definition) is 22. The Morgan fingerprint density at radius 2 is 1.38 bits per heavy atom. The highest BCUT2D eigenvalue weighted by Gasteiger charge is 2.78.